The number of rotatable bonds is 8. The number of hydrogen-bond acceptors (Lipinski definition) is 4. The molecule has 7 heteroatoms. The SMILES string of the molecule is Cc1ccc(N(Cc2ccnc(-c3cc(C)c(C)c(C)c3)c2)C2CCN(Cc3ccnc(-c4ccccc4)c3)CC2)cc1.Cl.Cl.Cl. The molecule has 242 valence electrons. The number of piperidine rings is 1. The predicted octanol–water partition coefficient (Wildman–Crippen LogP) is 9.98. The Morgan fingerprint density at radius 3 is 1.85 bits per heavy atom. The lowest BCUT2D eigenvalue weighted by Gasteiger charge is -2.40. The molecule has 0 aliphatic carbocycles. The summed E-state index contributed by atoms with van der Waals surface area (Å²) in [4.78, 5) is 14.6. The van der Waals surface area contributed by atoms with Crippen LogP contribution in [0.1, 0.15) is 46.2 Å². The third-order valence-corrected chi connectivity index (χ3v) is 9.06. The summed E-state index contributed by atoms with van der Waals surface area (Å²) in [5.74, 6) is 0. The molecule has 1 fully saturated rings. The Kier molecular flexibility index (Phi) is 13.6. The van der Waals surface area contributed by atoms with Crippen molar-refractivity contribution in [2.75, 3.05) is 18.0 Å². The maximum Gasteiger partial charge on any atom is 0.0705 e. The molecule has 1 aliphatic rings. The fourth-order valence-corrected chi connectivity index (χ4v) is 6.26. The highest BCUT2D eigenvalue weighted by molar-refractivity contribution is 5.86. The normalized spacial score (nSPS) is 13.2. The number of aromatic nitrogens is 2. The molecule has 0 atom stereocenters. The average molecular weight is 676 g/mol. The van der Waals surface area contributed by atoms with Gasteiger partial charge in [-0.1, -0.05) is 48.0 Å². The van der Waals surface area contributed by atoms with Gasteiger partial charge in [0.05, 0.1) is 11.4 Å². The molecule has 1 saturated heterocycles. The van der Waals surface area contributed by atoms with E-state index in [1.807, 2.05) is 12.4 Å². The lowest BCUT2D eigenvalue weighted by Crippen LogP contribution is -2.44. The van der Waals surface area contributed by atoms with Crippen LogP contribution in [0.5, 0.6) is 0 Å². The molecule has 0 unspecified atom stereocenters. The van der Waals surface area contributed by atoms with Crippen molar-refractivity contribution in [3.05, 3.63) is 137 Å². The van der Waals surface area contributed by atoms with Crippen LogP contribution in [0, 0.1) is 27.7 Å². The number of anilines is 1. The van der Waals surface area contributed by atoms with Gasteiger partial charge >= 0.3 is 0 Å². The van der Waals surface area contributed by atoms with Crippen molar-refractivity contribution in [2.45, 2.75) is 59.7 Å². The highest BCUT2D eigenvalue weighted by atomic mass is 35.5. The minimum Gasteiger partial charge on any atom is -0.364 e. The number of likely N-dealkylation sites (tertiary alicyclic amines) is 1. The van der Waals surface area contributed by atoms with Gasteiger partial charge in [-0.3, -0.25) is 14.9 Å². The Bertz CT molecular complexity index is 1660. The highest BCUT2D eigenvalue weighted by Crippen LogP contribution is 2.29. The van der Waals surface area contributed by atoms with Gasteiger partial charge in [0.25, 0.3) is 0 Å². The third-order valence-electron chi connectivity index (χ3n) is 9.06. The second-order valence-electron chi connectivity index (χ2n) is 12.2. The first-order valence-electron chi connectivity index (χ1n) is 15.5. The van der Waals surface area contributed by atoms with Gasteiger partial charge in [-0.05, 0) is 117 Å². The monoisotopic (exact) mass is 674 g/mol. The summed E-state index contributed by atoms with van der Waals surface area (Å²) in [7, 11) is 0. The van der Waals surface area contributed by atoms with Crippen molar-refractivity contribution in [2.24, 2.45) is 0 Å². The third kappa shape index (κ3) is 8.89. The Hall–Kier alpha value is -3.41. The molecule has 0 saturated carbocycles. The van der Waals surface area contributed by atoms with Crippen molar-refractivity contribution < 1.29 is 0 Å². The second-order valence-corrected chi connectivity index (χ2v) is 12.2. The van der Waals surface area contributed by atoms with Crippen LogP contribution in [0.25, 0.3) is 22.5 Å². The predicted molar refractivity (Wildman–Crippen MR) is 201 cm³/mol. The van der Waals surface area contributed by atoms with E-state index in [1.54, 1.807) is 0 Å². The summed E-state index contributed by atoms with van der Waals surface area (Å²) in [5, 5.41) is 0. The molecule has 2 aromatic heterocycles. The van der Waals surface area contributed by atoms with E-state index < -0.39 is 0 Å². The van der Waals surface area contributed by atoms with Gasteiger partial charge in [0.15, 0.2) is 0 Å². The largest absolute Gasteiger partial charge is 0.364 e. The van der Waals surface area contributed by atoms with Gasteiger partial charge in [-0.2, -0.15) is 0 Å². The minimum atomic E-state index is 0. The number of aryl methyl sites for hydroxylation is 3. The average Bonchev–Trinajstić information content (AvgIpc) is 3.04. The Balaban J connectivity index is 0.00000192. The number of pyridine rings is 2. The molecule has 0 spiro atoms. The lowest BCUT2D eigenvalue weighted by molar-refractivity contribution is 0.201. The number of halogens is 3. The molecule has 6 rings (SSSR count). The van der Waals surface area contributed by atoms with E-state index >= 15 is 0 Å². The molecule has 3 heterocycles. The van der Waals surface area contributed by atoms with Gasteiger partial charge in [0, 0.05) is 61.4 Å². The first kappa shape index (κ1) is 37.1. The minimum absolute atomic E-state index is 0. The van der Waals surface area contributed by atoms with Crippen LogP contribution in [0.2, 0.25) is 0 Å². The van der Waals surface area contributed by atoms with Gasteiger partial charge < -0.3 is 4.90 Å². The molecular formula is C39H45Cl3N4. The molecule has 4 nitrogen and oxygen atoms in total. The summed E-state index contributed by atoms with van der Waals surface area (Å²) in [6.45, 7) is 12.7. The van der Waals surface area contributed by atoms with E-state index in [1.165, 1.54) is 50.2 Å². The quantitative estimate of drug-likeness (QED) is 0.164. The lowest BCUT2D eigenvalue weighted by atomic mass is 9.97. The molecule has 5 aromatic rings. The van der Waals surface area contributed by atoms with Crippen LogP contribution in [-0.4, -0.2) is 34.0 Å². The van der Waals surface area contributed by atoms with Crippen molar-refractivity contribution in [3.63, 3.8) is 0 Å². The van der Waals surface area contributed by atoms with Crippen LogP contribution in [-0.2, 0) is 13.1 Å². The number of nitrogens with zero attached hydrogens (tertiary/aromatic N) is 4. The fraction of sp³-hybridized carbons (Fsp3) is 0.282. The van der Waals surface area contributed by atoms with Crippen molar-refractivity contribution in [1.29, 1.82) is 0 Å². The fourth-order valence-electron chi connectivity index (χ4n) is 6.26. The maximum atomic E-state index is 4.77. The highest BCUT2D eigenvalue weighted by Gasteiger charge is 2.25. The molecule has 0 amide bonds. The number of hydrogen-bond donors (Lipinski definition) is 0. The molecule has 46 heavy (non-hydrogen) atoms. The van der Waals surface area contributed by atoms with Gasteiger partial charge in [-0.15, -0.1) is 37.2 Å². The Labute approximate surface area is 293 Å². The van der Waals surface area contributed by atoms with Crippen molar-refractivity contribution in [1.82, 2.24) is 14.9 Å². The summed E-state index contributed by atoms with van der Waals surface area (Å²) >= 11 is 0. The first-order chi connectivity index (χ1) is 20.9. The van der Waals surface area contributed by atoms with Crippen LogP contribution >= 0.6 is 37.2 Å². The maximum absolute atomic E-state index is 4.77. The second kappa shape index (κ2) is 16.9. The Morgan fingerprint density at radius 2 is 1.22 bits per heavy atom. The smallest absolute Gasteiger partial charge is 0.0705 e. The van der Waals surface area contributed by atoms with Crippen LogP contribution < -0.4 is 4.90 Å². The molecule has 3 aromatic carbocycles. The van der Waals surface area contributed by atoms with E-state index in [-0.39, 0.29) is 37.2 Å². The molecule has 0 N–H and O–H groups in total. The zero-order chi connectivity index (χ0) is 29.8. The van der Waals surface area contributed by atoms with E-state index in [9.17, 15) is 0 Å². The molecular weight excluding hydrogens is 631 g/mol. The number of benzene rings is 3. The van der Waals surface area contributed by atoms with Crippen LogP contribution in [0.3, 0.4) is 0 Å². The zero-order valence-electron chi connectivity index (χ0n) is 27.1. The van der Waals surface area contributed by atoms with E-state index in [0.29, 0.717) is 6.04 Å². The van der Waals surface area contributed by atoms with Gasteiger partial charge in [0.1, 0.15) is 0 Å². The standard InChI is InChI=1S/C39H42N4.3ClH/c1-28-10-12-36(13-11-28)43(27-33-15-19-41-39(25-33)35-22-29(2)31(4)30(3)23-35)37-16-20-42(21-17-37)26-32-14-18-40-38(24-32)34-8-6-5-7-9-34;;;/h5-15,18-19,22-25,37H,16-17,20-21,26-27H2,1-4H3;3*1H. The van der Waals surface area contributed by atoms with E-state index in [0.717, 1.165) is 50.4 Å². The molecule has 1 aliphatic heterocycles. The van der Waals surface area contributed by atoms with E-state index in [2.05, 4.69) is 133 Å². The zero-order valence-corrected chi connectivity index (χ0v) is 29.6. The van der Waals surface area contributed by atoms with Gasteiger partial charge in [-0.25, -0.2) is 0 Å². The van der Waals surface area contributed by atoms with Crippen LogP contribution in [0.4, 0.5) is 5.69 Å². The summed E-state index contributed by atoms with van der Waals surface area (Å²) in [6.07, 6.45) is 6.20. The van der Waals surface area contributed by atoms with Gasteiger partial charge in [0.2, 0.25) is 0 Å². The summed E-state index contributed by atoms with van der Waals surface area (Å²) < 4.78 is 0. The topological polar surface area (TPSA) is 32.3 Å². The molecule has 0 bridgehead atoms. The van der Waals surface area contributed by atoms with Crippen LogP contribution in [0.15, 0.2) is 103 Å². The summed E-state index contributed by atoms with van der Waals surface area (Å²) in [5.41, 5.74) is 13.7. The van der Waals surface area contributed by atoms with Crippen molar-refractivity contribution in [3.8, 4) is 22.5 Å². The molecule has 0 radical (unpaired) electrons. The van der Waals surface area contributed by atoms with E-state index in [4.69, 9.17) is 4.98 Å². The summed E-state index contributed by atoms with van der Waals surface area (Å²) in [6, 6.07) is 33.4. The Morgan fingerprint density at radius 1 is 0.652 bits per heavy atom. The van der Waals surface area contributed by atoms with Crippen molar-refractivity contribution >= 4 is 42.9 Å². The first-order valence-corrected chi connectivity index (χ1v) is 15.5.